The molecule has 0 aliphatic carbocycles. The van der Waals surface area contributed by atoms with Crippen molar-refractivity contribution < 1.29 is 9.84 Å². The molecular weight excluding hydrogens is 308 g/mol. The third kappa shape index (κ3) is 3.46. The van der Waals surface area contributed by atoms with Gasteiger partial charge in [-0.15, -0.1) is 11.3 Å². The first-order valence-corrected chi connectivity index (χ1v) is 8.55. The summed E-state index contributed by atoms with van der Waals surface area (Å²) in [5, 5.41) is 15.0. The SMILES string of the molecule is CCOc1ccc(NC(C)c2cnc3ccsc3c2)cc1CO. The van der Waals surface area contributed by atoms with Crippen LogP contribution in [0.2, 0.25) is 0 Å². The summed E-state index contributed by atoms with van der Waals surface area (Å²) < 4.78 is 6.71. The van der Waals surface area contributed by atoms with Crippen LogP contribution in [-0.4, -0.2) is 16.7 Å². The van der Waals surface area contributed by atoms with Gasteiger partial charge in [0.15, 0.2) is 0 Å². The first-order chi connectivity index (χ1) is 11.2. The van der Waals surface area contributed by atoms with Crippen LogP contribution in [0.25, 0.3) is 10.2 Å². The van der Waals surface area contributed by atoms with Gasteiger partial charge in [0.2, 0.25) is 0 Å². The number of hydrogen-bond donors (Lipinski definition) is 2. The molecule has 1 aromatic carbocycles. The lowest BCUT2D eigenvalue weighted by Gasteiger charge is -2.17. The number of aromatic nitrogens is 1. The van der Waals surface area contributed by atoms with Crippen molar-refractivity contribution in [1.29, 1.82) is 0 Å². The largest absolute Gasteiger partial charge is 0.494 e. The summed E-state index contributed by atoms with van der Waals surface area (Å²) in [6, 6.07) is 10.1. The molecule has 2 aromatic heterocycles. The van der Waals surface area contributed by atoms with E-state index in [0.29, 0.717) is 6.61 Å². The van der Waals surface area contributed by atoms with Crippen molar-refractivity contribution in [2.75, 3.05) is 11.9 Å². The van der Waals surface area contributed by atoms with Crippen LogP contribution in [0.5, 0.6) is 5.75 Å². The van der Waals surface area contributed by atoms with Crippen LogP contribution < -0.4 is 10.1 Å². The number of nitrogens with one attached hydrogen (secondary N) is 1. The van der Waals surface area contributed by atoms with E-state index in [4.69, 9.17) is 4.74 Å². The summed E-state index contributed by atoms with van der Waals surface area (Å²) in [5.74, 6) is 0.731. The van der Waals surface area contributed by atoms with Gasteiger partial charge in [0.1, 0.15) is 5.75 Å². The summed E-state index contributed by atoms with van der Waals surface area (Å²) in [7, 11) is 0. The fourth-order valence-corrected chi connectivity index (χ4v) is 3.31. The van der Waals surface area contributed by atoms with Crippen molar-refractivity contribution in [1.82, 2.24) is 4.98 Å². The minimum atomic E-state index is -0.0397. The molecule has 23 heavy (non-hydrogen) atoms. The number of fused-ring (bicyclic) bond motifs is 1. The number of thiophene rings is 1. The Morgan fingerprint density at radius 2 is 2.17 bits per heavy atom. The normalized spacial score (nSPS) is 12.3. The van der Waals surface area contributed by atoms with Crippen molar-refractivity contribution in [2.24, 2.45) is 0 Å². The first-order valence-electron chi connectivity index (χ1n) is 7.67. The fourth-order valence-electron chi connectivity index (χ4n) is 2.52. The molecule has 0 bridgehead atoms. The molecule has 4 nitrogen and oxygen atoms in total. The van der Waals surface area contributed by atoms with Crippen molar-refractivity contribution in [3.8, 4) is 5.75 Å². The highest BCUT2D eigenvalue weighted by Gasteiger charge is 2.10. The number of pyridine rings is 1. The second-order valence-corrected chi connectivity index (χ2v) is 6.30. The van der Waals surface area contributed by atoms with Crippen molar-refractivity contribution in [2.45, 2.75) is 26.5 Å². The molecule has 1 unspecified atom stereocenters. The molecule has 2 N–H and O–H groups in total. The highest BCUT2D eigenvalue weighted by molar-refractivity contribution is 7.17. The summed E-state index contributed by atoms with van der Waals surface area (Å²) in [6.07, 6.45) is 1.91. The molecule has 0 radical (unpaired) electrons. The molecule has 1 atom stereocenters. The Hall–Kier alpha value is -2.11. The number of rotatable bonds is 6. The van der Waals surface area contributed by atoms with E-state index in [1.165, 1.54) is 4.70 Å². The van der Waals surface area contributed by atoms with E-state index in [9.17, 15) is 5.11 Å². The molecule has 0 saturated carbocycles. The number of ether oxygens (including phenoxy) is 1. The highest BCUT2D eigenvalue weighted by atomic mass is 32.1. The van der Waals surface area contributed by atoms with Crippen LogP contribution in [0.4, 0.5) is 5.69 Å². The van der Waals surface area contributed by atoms with E-state index in [0.717, 1.165) is 28.1 Å². The fraction of sp³-hybridized carbons (Fsp3) is 0.278. The molecule has 0 saturated heterocycles. The molecular formula is C18H20N2O2S. The minimum absolute atomic E-state index is 0.0397. The van der Waals surface area contributed by atoms with E-state index in [1.807, 2.05) is 37.4 Å². The summed E-state index contributed by atoms with van der Waals surface area (Å²) in [6.45, 7) is 4.58. The smallest absolute Gasteiger partial charge is 0.124 e. The zero-order valence-corrected chi connectivity index (χ0v) is 14.1. The number of hydrogen-bond acceptors (Lipinski definition) is 5. The van der Waals surface area contributed by atoms with Gasteiger partial charge in [-0.1, -0.05) is 0 Å². The Balaban J connectivity index is 1.80. The van der Waals surface area contributed by atoms with Gasteiger partial charge in [-0.3, -0.25) is 4.98 Å². The Morgan fingerprint density at radius 3 is 2.96 bits per heavy atom. The predicted molar refractivity (Wildman–Crippen MR) is 95.2 cm³/mol. The number of nitrogens with zero attached hydrogens (tertiary/aromatic N) is 1. The Morgan fingerprint density at radius 1 is 1.30 bits per heavy atom. The van der Waals surface area contributed by atoms with Gasteiger partial charge < -0.3 is 15.2 Å². The van der Waals surface area contributed by atoms with Gasteiger partial charge in [0.05, 0.1) is 29.5 Å². The van der Waals surface area contributed by atoms with Crippen molar-refractivity contribution >= 4 is 27.2 Å². The van der Waals surface area contributed by atoms with Crippen molar-refractivity contribution in [3.05, 3.63) is 53.0 Å². The lowest BCUT2D eigenvalue weighted by molar-refractivity contribution is 0.267. The number of anilines is 1. The lowest BCUT2D eigenvalue weighted by Crippen LogP contribution is -2.07. The summed E-state index contributed by atoms with van der Waals surface area (Å²) >= 11 is 1.70. The Kier molecular flexibility index (Phi) is 4.79. The molecule has 2 heterocycles. The third-order valence-electron chi connectivity index (χ3n) is 3.74. The third-order valence-corrected chi connectivity index (χ3v) is 4.59. The van der Waals surface area contributed by atoms with E-state index < -0.39 is 0 Å². The molecule has 5 heteroatoms. The number of aliphatic hydroxyl groups is 1. The van der Waals surface area contributed by atoms with Gasteiger partial charge in [-0.2, -0.15) is 0 Å². The maximum Gasteiger partial charge on any atom is 0.124 e. The second-order valence-electron chi connectivity index (χ2n) is 5.35. The van der Waals surface area contributed by atoms with Crippen molar-refractivity contribution in [3.63, 3.8) is 0 Å². The van der Waals surface area contributed by atoms with Gasteiger partial charge in [-0.05, 0) is 55.1 Å². The van der Waals surface area contributed by atoms with Crippen LogP contribution in [0.3, 0.4) is 0 Å². The van der Waals surface area contributed by atoms with Gasteiger partial charge in [0.25, 0.3) is 0 Å². The topological polar surface area (TPSA) is 54.4 Å². The molecule has 3 aromatic rings. The van der Waals surface area contributed by atoms with Crippen LogP contribution in [0.15, 0.2) is 41.9 Å². The summed E-state index contributed by atoms with van der Waals surface area (Å²) in [5.41, 5.74) is 3.92. The molecule has 120 valence electrons. The van der Waals surface area contributed by atoms with E-state index in [1.54, 1.807) is 11.3 Å². The van der Waals surface area contributed by atoms with E-state index >= 15 is 0 Å². The average Bonchev–Trinajstić information content (AvgIpc) is 3.04. The molecule has 0 aliphatic rings. The molecule has 0 aliphatic heterocycles. The zero-order valence-electron chi connectivity index (χ0n) is 13.2. The molecule has 0 amide bonds. The number of benzene rings is 1. The molecule has 3 rings (SSSR count). The van der Waals surface area contributed by atoms with E-state index in [2.05, 4.69) is 28.7 Å². The van der Waals surface area contributed by atoms with Crippen LogP contribution >= 0.6 is 11.3 Å². The quantitative estimate of drug-likeness (QED) is 0.706. The predicted octanol–water partition coefficient (Wildman–Crippen LogP) is 4.36. The van der Waals surface area contributed by atoms with Gasteiger partial charge in [0, 0.05) is 17.4 Å². The van der Waals surface area contributed by atoms with Crippen LogP contribution in [-0.2, 0) is 6.61 Å². The number of aliphatic hydroxyl groups excluding tert-OH is 1. The lowest BCUT2D eigenvalue weighted by atomic mass is 10.1. The van der Waals surface area contributed by atoms with Gasteiger partial charge in [-0.25, -0.2) is 0 Å². The standard InChI is InChI=1S/C18H20N2O2S/c1-3-22-17-5-4-15(8-14(17)11-21)20-12(2)13-9-18-16(19-10-13)6-7-23-18/h4-10,12,20-21H,3,11H2,1-2H3. The molecule has 0 spiro atoms. The molecule has 0 fully saturated rings. The maximum atomic E-state index is 9.50. The Labute approximate surface area is 139 Å². The second kappa shape index (κ2) is 6.98. The first kappa shape index (κ1) is 15.8. The highest BCUT2D eigenvalue weighted by Crippen LogP contribution is 2.27. The summed E-state index contributed by atoms with van der Waals surface area (Å²) in [4.78, 5) is 4.49. The monoisotopic (exact) mass is 328 g/mol. The zero-order chi connectivity index (χ0) is 16.2. The average molecular weight is 328 g/mol. The van der Waals surface area contributed by atoms with Gasteiger partial charge >= 0.3 is 0 Å². The van der Waals surface area contributed by atoms with E-state index in [-0.39, 0.29) is 12.6 Å². The Bertz CT molecular complexity index is 801. The van der Waals surface area contributed by atoms with Crippen LogP contribution in [0.1, 0.15) is 31.0 Å². The maximum absolute atomic E-state index is 9.50. The minimum Gasteiger partial charge on any atom is -0.494 e. The van der Waals surface area contributed by atoms with Crippen LogP contribution in [0, 0.1) is 0 Å².